The molecule has 1 rings (SSSR count). The number of carbonyl (C=O) groups is 5. The van der Waals surface area contributed by atoms with Gasteiger partial charge in [0.2, 0.25) is 23.6 Å². The van der Waals surface area contributed by atoms with Gasteiger partial charge in [-0.05, 0) is 30.0 Å². The van der Waals surface area contributed by atoms with Crippen LogP contribution in [-0.2, 0) is 30.4 Å². The number of carboxylic acids is 1. The van der Waals surface area contributed by atoms with Gasteiger partial charge >= 0.3 is 5.97 Å². The average Bonchev–Trinajstić information content (AvgIpc) is 2.98. The van der Waals surface area contributed by atoms with E-state index in [2.05, 4.69) is 22.9 Å². The Kier molecular flexibility index (Phi) is 17.6. The Balaban J connectivity index is 3.11. The lowest BCUT2D eigenvalue weighted by Gasteiger charge is -2.28. The summed E-state index contributed by atoms with van der Waals surface area (Å²) in [4.78, 5) is 64.7. The fraction of sp³-hybridized carbons (Fsp3) is 0.633. The number of carboxylic acid groups (broad SMARTS) is 1. The minimum Gasteiger partial charge on any atom is -0.508 e. The molecule has 4 atom stereocenters. The first-order valence-electron chi connectivity index (χ1n) is 15.0. The highest BCUT2D eigenvalue weighted by Gasteiger charge is 2.32. The minimum absolute atomic E-state index is 0.0147. The van der Waals surface area contributed by atoms with E-state index in [9.17, 15) is 44.4 Å². The van der Waals surface area contributed by atoms with Crippen molar-refractivity contribution in [3.05, 3.63) is 29.8 Å². The van der Waals surface area contributed by atoms with Crippen molar-refractivity contribution in [3.63, 3.8) is 0 Å². The van der Waals surface area contributed by atoms with Crippen molar-refractivity contribution >= 4 is 29.6 Å². The van der Waals surface area contributed by atoms with Gasteiger partial charge in [0.25, 0.3) is 0 Å². The van der Waals surface area contributed by atoms with E-state index in [1.807, 2.05) is 0 Å². The molecule has 0 aromatic heterocycles. The molecule has 0 saturated carbocycles. The number of nitrogens with one attached hydrogen (secondary N) is 3. The van der Waals surface area contributed by atoms with Crippen molar-refractivity contribution in [2.24, 2.45) is 11.7 Å². The first-order valence-corrected chi connectivity index (χ1v) is 15.0. The average molecular weight is 624 g/mol. The van der Waals surface area contributed by atoms with E-state index in [4.69, 9.17) is 5.73 Å². The molecule has 0 bridgehead atoms. The van der Waals surface area contributed by atoms with Crippen molar-refractivity contribution in [2.45, 2.75) is 89.9 Å². The Bertz CT molecular complexity index is 1070. The van der Waals surface area contributed by atoms with Gasteiger partial charge in [0.15, 0.2) is 0 Å². The molecule has 0 spiro atoms. The third kappa shape index (κ3) is 13.7. The first-order chi connectivity index (χ1) is 20.8. The zero-order chi connectivity index (χ0) is 33.2. The number of nitrogens with zero attached hydrogens (tertiary/aromatic N) is 1. The van der Waals surface area contributed by atoms with Crippen LogP contribution < -0.4 is 21.7 Å². The molecule has 0 heterocycles. The van der Waals surface area contributed by atoms with E-state index in [-0.39, 0.29) is 24.6 Å². The number of carbonyl (C=O) groups excluding carboxylic acids is 4. The summed E-state index contributed by atoms with van der Waals surface area (Å²) in [5.41, 5.74) is 6.34. The Morgan fingerprint density at radius 2 is 1.30 bits per heavy atom. The molecule has 1 aromatic carbocycles. The Morgan fingerprint density at radius 1 is 0.795 bits per heavy atom. The molecule has 0 radical (unpaired) electrons. The van der Waals surface area contributed by atoms with E-state index in [0.717, 1.165) is 37.0 Å². The number of aliphatic carboxylic acids is 1. The highest BCUT2D eigenvalue weighted by atomic mass is 16.4. The van der Waals surface area contributed by atoms with Gasteiger partial charge in [-0.3, -0.25) is 24.0 Å². The summed E-state index contributed by atoms with van der Waals surface area (Å²) in [6.45, 7) is 3.35. The third-order valence-electron chi connectivity index (χ3n) is 7.06. The van der Waals surface area contributed by atoms with Crippen LogP contribution in [-0.4, -0.2) is 105 Å². The number of aliphatic hydroxyl groups excluding tert-OH is 2. The van der Waals surface area contributed by atoms with Gasteiger partial charge in [0.05, 0.1) is 19.3 Å². The number of hydrogen-bond acceptors (Lipinski definition) is 9. The SMILES string of the molecule is CCCCCCCCN(CC(=O)O)C(=O)C(Cc1ccc(O)cc1)NC(=O)C(CO)NC(=O)[C@H](CO)NC(=O)C(N)C(C)C. The topological polar surface area (TPSA) is 232 Å². The Labute approximate surface area is 258 Å². The molecule has 0 aliphatic heterocycles. The van der Waals surface area contributed by atoms with E-state index < -0.39 is 73.5 Å². The number of hydrogen-bond donors (Lipinski definition) is 8. The van der Waals surface area contributed by atoms with Crippen molar-refractivity contribution in [1.29, 1.82) is 0 Å². The summed E-state index contributed by atoms with van der Waals surface area (Å²) in [6, 6.07) is 0.600. The second kappa shape index (κ2) is 20.3. The standard InChI is InChI=1S/C30H49N5O9/c1-4-5-6-7-8-9-14-35(16-25(39)40)30(44)22(15-20-10-12-21(38)13-11-20)32-27(41)23(17-36)33-28(42)24(18-37)34-29(43)26(31)19(2)3/h10-13,19,22-24,26,36-38H,4-9,14-18,31H2,1-3H3,(H,32,41)(H,33,42)(H,34,43)(H,39,40)/t22?,23?,24-,26?/m0/s1. The van der Waals surface area contributed by atoms with Crippen LogP contribution >= 0.6 is 0 Å². The van der Waals surface area contributed by atoms with Crippen molar-refractivity contribution in [2.75, 3.05) is 26.3 Å². The first kappa shape index (κ1) is 38.3. The molecule has 248 valence electrons. The van der Waals surface area contributed by atoms with Gasteiger partial charge in [-0.2, -0.15) is 0 Å². The second-order valence-corrected chi connectivity index (χ2v) is 11.1. The van der Waals surface area contributed by atoms with Gasteiger partial charge in [-0.25, -0.2) is 0 Å². The van der Waals surface area contributed by atoms with Crippen LogP contribution in [0.2, 0.25) is 0 Å². The van der Waals surface area contributed by atoms with Crippen molar-refractivity contribution in [3.8, 4) is 5.75 Å². The molecule has 0 saturated heterocycles. The quantitative estimate of drug-likeness (QED) is 0.0828. The van der Waals surface area contributed by atoms with Crippen LogP contribution in [0.25, 0.3) is 0 Å². The van der Waals surface area contributed by atoms with Crippen molar-refractivity contribution in [1.82, 2.24) is 20.9 Å². The molecule has 1 aromatic rings. The minimum atomic E-state index is -1.58. The number of phenols is 1. The van der Waals surface area contributed by atoms with Crippen LogP contribution in [0.3, 0.4) is 0 Å². The number of phenolic OH excluding ortho intramolecular Hbond substituents is 1. The van der Waals surface area contributed by atoms with E-state index in [0.29, 0.717) is 12.0 Å². The molecular formula is C30H49N5O9. The highest BCUT2D eigenvalue weighted by molar-refractivity contribution is 5.95. The van der Waals surface area contributed by atoms with Gasteiger partial charge in [0.1, 0.15) is 30.4 Å². The summed E-state index contributed by atoms with van der Waals surface area (Å²) in [5, 5.41) is 45.7. The normalized spacial score (nSPS) is 13.8. The fourth-order valence-electron chi connectivity index (χ4n) is 4.31. The van der Waals surface area contributed by atoms with Crippen LogP contribution in [0.15, 0.2) is 24.3 Å². The number of aromatic hydroxyl groups is 1. The molecule has 9 N–H and O–H groups in total. The number of amides is 4. The number of benzene rings is 1. The Morgan fingerprint density at radius 3 is 1.80 bits per heavy atom. The van der Waals surface area contributed by atoms with Crippen LogP contribution in [0.5, 0.6) is 5.75 Å². The molecule has 44 heavy (non-hydrogen) atoms. The lowest BCUT2D eigenvalue weighted by molar-refractivity contribution is -0.146. The summed E-state index contributed by atoms with van der Waals surface area (Å²) in [7, 11) is 0. The van der Waals surface area contributed by atoms with Gasteiger partial charge < -0.3 is 47.0 Å². The number of unbranched alkanes of at least 4 members (excludes halogenated alkanes) is 5. The summed E-state index contributed by atoms with van der Waals surface area (Å²) < 4.78 is 0. The van der Waals surface area contributed by atoms with E-state index >= 15 is 0 Å². The van der Waals surface area contributed by atoms with Gasteiger partial charge in [-0.1, -0.05) is 65.0 Å². The highest BCUT2D eigenvalue weighted by Crippen LogP contribution is 2.14. The summed E-state index contributed by atoms with van der Waals surface area (Å²) >= 11 is 0. The predicted molar refractivity (Wildman–Crippen MR) is 162 cm³/mol. The Hall–Kier alpha value is -3.75. The largest absolute Gasteiger partial charge is 0.508 e. The lowest BCUT2D eigenvalue weighted by Crippen LogP contribution is -2.60. The van der Waals surface area contributed by atoms with Gasteiger partial charge in [-0.15, -0.1) is 0 Å². The van der Waals surface area contributed by atoms with Crippen LogP contribution in [0.1, 0.15) is 64.9 Å². The maximum Gasteiger partial charge on any atom is 0.323 e. The van der Waals surface area contributed by atoms with Gasteiger partial charge in [0, 0.05) is 13.0 Å². The summed E-state index contributed by atoms with van der Waals surface area (Å²) in [5.74, 6) is -4.78. The van der Waals surface area contributed by atoms with E-state index in [1.165, 1.54) is 12.1 Å². The van der Waals surface area contributed by atoms with Crippen LogP contribution in [0, 0.1) is 5.92 Å². The molecule has 14 nitrogen and oxygen atoms in total. The molecule has 14 heteroatoms. The molecule has 0 aliphatic rings. The molecular weight excluding hydrogens is 574 g/mol. The number of aliphatic hydroxyl groups is 2. The summed E-state index contributed by atoms with van der Waals surface area (Å²) in [6.07, 6.45) is 5.40. The smallest absolute Gasteiger partial charge is 0.323 e. The van der Waals surface area contributed by atoms with Crippen LogP contribution in [0.4, 0.5) is 0 Å². The molecule has 3 unspecified atom stereocenters. The van der Waals surface area contributed by atoms with E-state index in [1.54, 1.807) is 26.0 Å². The zero-order valence-corrected chi connectivity index (χ0v) is 25.8. The third-order valence-corrected chi connectivity index (χ3v) is 7.06. The fourth-order valence-corrected chi connectivity index (χ4v) is 4.31. The molecule has 0 fully saturated rings. The maximum absolute atomic E-state index is 13.6. The number of rotatable bonds is 21. The number of nitrogens with two attached hydrogens (primary N) is 1. The molecule has 0 aliphatic carbocycles. The van der Waals surface area contributed by atoms with Crippen molar-refractivity contribution < 1.29 is 44.4 Å². The monoisotopic (exact) mass is 623 g/mol. The predicted octanol–water partition coefficient (Wildman–Crippen LogP) is -0.369. The zero-order valence-electron chi connectivity index (χ0n) is 25.8. The maximum atomic E-state index is 13.6. The lowest BCUT2D eigenvalue weighted by atomic mass is 10.0. The molecule has 4 amide bonds. The second-order valence-electron chi connectivity index (χ2n) is 11.1.